The molecular formula is C14H14N2O4. The highest BCUT2D eigenvalue weighted by Gasteiger charge is 2.30. The molecule has 0 fully saturated rings. The van der Waals surface area contributed by atoms with Gasteiger partial charge in [-0.3, -0.25) is 19.3 Å². The van der Waals surface area contributed by atoms with Gasteiger partial charge >= 0.3 is 0 Å². The molecule has 0 radical (unpaired) electrons. The molecule has 20 heavy (non-hydrogen) atoms. The minimum atomic E-state index is -0.489. The third-order valence-electron chi connectivity index (χ3n) is 2.88. The lowest BCUT2D eigenvalue weighted by atomic mass is 10.1. The molecule has 1 heterocycles. The van der Waals surface area contributed by atoms with E-state index in [4.69, 9.17) is 5.11 Å². The van der Waals surface area contributed by atoms with Gasteiger partial charge in [-0.2, -0.15) is 0 Å². The number of amides is 2. The smallest absolute Gasteiger partial charge is 0.277 e. The van der Waals surface area contributed by atoms with E-state index in [1.807, 2.05) is 0 Å². The third-order valence-corrected chi connectivity index (χ3v) is 2.88. The van der Waals surface area contributed by atoms with Gasteiger partial charge in [0.05, 0.1) is 13.2 Å². The Hall–Kier alpha value is -2.47. The Bertz CT molecular complexity index is 607. The van der Waals surface area contributed by atoms with Crippen LogP contribution in [0, 0.1) is 0 Å². The van der Waals surface area contributed by atoms with E-state index in [0.717, 1.165) is 4.90 Å². The SMILES string of the molecule is CC(=O)c1cccc(NC2=CC(=O)N(CCO)C2=O)c1. The number of rotatable bonds is 5. The van der Waals surface area contributed by atoms with E-state index in [1.54, 1.807) is 24.3 Å². The maximum Gasteiger partial charge on any atom is 0.277 e. The number of β-amino-alcohol motifs (C(OH)–C–C–N with tert-alkyl or cyclic N) is 1. The molecule has 0 bridgehead atoms. The Morgan fingerprint density at radius 3 is 2.75 bits per heavy atom. The highest BCUT2D eigenvalue weighted by Crippen LogP contribution is 2.18. The monoisotopic (exact) mass is 274 g/mol. The molecule has 1 aliphatic rings. The summed E-state index contributed by atoms with van der Waals surface area (Å²) in [6.07, 6.45) is 1.18. The minimum Gasteiger partial charge on any atom is -0.395 e. The topological polar surface area (TPSA) is 86.7 Å². The van der Waals surface area contributed by atoms with Crippen molar-refractivity contribution < 1.29 is 19.5 Å². The van der Waals surface area contributed by atoms with E-state index in [9.17, 15) is 14.4 Å². The molecule has 0 unspecified atom stereocenters. The number of nitrogens with one attached hydrogen (secondary N) is 1. The maximum atomic E-state index is 11.9. The molecule has 1 aliphatic heterocycles. The molecule has 0 atom stereocenters. The van der Waals surface area contributed by atoms with Crippen molar-refractivity contribution in [3.8, 4) is 0 Å². The number of hydrogen-bond donors (Lipinski definition) is 2. The summed E-state index contributed by atoms with van der Waals surface area (Å²) < 4.78 is 0. The van der Waals surface area contributed by atoms with Crippen LogP contribution in [0.2, 0.25) is 0 Å². The molecule has 2 amide bonds. The van der Waals surface area contributed by atoms with Gasteiger partial charge in [0.25, 0.3) is 11.8 Å². The molecule has 0 spiro atoms. The van der Waals surface area contributed by atoms with Crippen molar-refractivity contribution in [2.75, 3.05) is 18.5 Å². The lowest BCUT2D eigenvalue weighted by molar-refractivity contribution is -0.137. The number of Topliss-reactive ketones (excluding diaryl/α,β-unsaturated/α-hetero) is 1. The number of ketones is 1. The van der Waals surface area contributed by atoms with Crippen molar-refractivity contribution in [1.82, 2.24) is 4.90 Å². The summed E-state index contributed by atoms with van der Waals surface area (Å²) in [6, 6.07) is 6.66. The summed E-state index contributed by atoms with van der Waals surface area (Å²) in [5.41, 5.74) is 1.19. The predicted octanol–water partition coefficient (Wildman–Crippen LogP) is 0.546. The van der Waals surface area contributed by atoms with E-state index < -0.39 is 11.8 Å². The molecule has 1 aromatic rings. The zero-order chi connectivity index (χ0) is 14.7. The quantitative estimate of drug-likeness (QED) is 0.604. The van der Waals surface area contributed by atoms with Crippen LogP contribution in [0.1, 0.15) is 17.3 Å². The fourth-order valence-corrected chi connectivity index (χ4v) is 1.88. The number of anilines is 1. The third kappa shape index (κ3) is 2.75. The van der Waals surface area contributed by atoms with Crippen LogP contribution in [0.3, 0.4) is 0 Å². The van der Waals surface area contributed by atoms with Crippen LogP contribution < -0.4 is 5.32 Å². The first-order chi connectivity index (χ1) is 9.52. The fourth-order valence-electron chi connectivity index (χ4n) is 1.88. The van der Waals surface area contributed by atoms with Gasteiger partial charge in [-0.05, 0) is 19.1 Å². The standard InChI is InChI=1S/C14H14N2O4/c1-9(18)10-3-2-4-11(7-10)15-12-8-13(19)16(5-6-17)14(12)20/h2-4,7-8,15,17H,5-6H2,1H3. The van der Waals surface area contributed by atoms with Crippen molar-refractivity contribution in [2.45, 2.75) is 6.92 Å². The average Bonchev–Trinajstić information content (AvgIpc) is 2.67. The summed E-state index contributed by atoms with van der Waals surface area (Å²) in [5.74, 6) is -1.04. The van der Waals surface area contributed by atoms with Crippen LogP contribution in [0.5, 0.6) is 0 Å². The van der Waals surface area contributed by atoms with Crippen LogP contribution >= 0.6 is 0 Å². The maximum absolute atomic E-state index is 11.9. The second-order valence-corrected chi connectivity index (χ2v) is 4.34. The number of hydrogen-bond acceptors (Lipinski definition) is 5. The molecule has 104 valence electrons. The largest absolute Gasteiger partial charge is 0.395 e. The Morgan fingerprint density at radius 1 is 1.35 bits per heavy atom. The van der Waals surface area contributed by atoms with Crippen molar-refractivity contribution in [2.24, 2.45) is 0 Å². The molecule has 0 aromatic heterocycles. The summed E-state index contributed by atoms with van der Waals surface area (Å²) in [4.78, 5) is 35.7. The second-order valence-electron chi connectivity index (χ2n) is 4.34. The molecule has 6 heteroatoms. The highest BCUT2D eigenvalue weighted by atomic mass is 16.3. The van der Waals surface area contributed by atoms with Crippen molar-refractivity contribution in [3.63, 3.8) is 0 Å². The van der Waals surface area contributed by atoms with E-state index in [1.165, 1.54) is 13.0 Å². The summed E-state index contributed by atoms with van der Waals surface area (Å²) >= 11 is 0. The Morgan fingerprint density at radius 2 is 2.10 bits per heavy atom. The van der Waals surface area contributed by atoms with Gasteiger partial charge in [-0.25, -0.2) is 0 Å². The first-order valence-electron chi connectivity index (χ1n) is 6.09. The van der Waals surface area contributed by atoms with Crippen LogP contribution in [-0.4, -0.2) is 40.8 Å². The molecule has 2 N–H and O–H groups in total. The number of carbonyl (C=O) groups excluding carboxylic acids is 3. The minimum absolute atomic E-state index is 0.0349. The molecular weight excluding hydrogens is 260 g/mol. The van der Waals surface area contributed by atoms with Crippen LogP contribution in [0.15, 0.2) is 36.0 Å². The number of aliphatic hydroxyl groups excluding tert-OH is 1. The summed E-state index contributed by atoms with van der Waals surface area (Å²) in [7, 11) is 0. The number of nitrogens with zero attached hydrogens (tertiary/aromatic N) is 1. The summed E-state index contributed by atoms with van der Waals surface area (Å²) in [5, 5.41) is 11.6. The Kier molecular flexibility index (Phi) is 3.95. The molecule has 0 saturated heterocycles. The van der Waals surface area contributed by atoms with Crippen LogP contribution in [0.25, 0.3) is 0 Å². The molecule has 6 nitrogen and oxygen atoms in total. The van der Waals surface area contributed by atoms with Gasteiger partial charge in [0.1, 0.15) is 5.70 Å². The van der Waals surface area contributed by atoms with Gasteiger partial charge < -0.3 is 10.4 Å². The number of benzene rings is 1. The Labute approximate surface area is 115 Å². The van der Waals surface area contributed by atoms with Gasteiger partial charge in [-0.15, -0.1) is 0 Å². The summed E-state index contributed by atoms with van der Waals surface area (Å²) in [6.45, 7) is 1.14. The zero-order valence-electron chi connectivity index (χ0n) is 10.9. The lowest BCUT2D eigenvalue weighted by Crippen LogP contribution is -2.34. The number of imide groups is 1. The highest BCUT2D eigenvalue weighted by molar-refractivity contribution is 6.17. The van der Waals surface area contributed by atoms with Gasteiger partial charge in [0, 0.05) is 17.3 Å². The van der Waals surface area contributed by atoms with Gasteiger partial charge in [-0.1, -0.05) is 12.1 Å². The van der Waals surface area contributed by atoms with E-state index in [2.05, 4.69) is 5.32 Å². The molecule has 0 aliphatic carbocycles. The van der Waals surface area contributed by atoms with Crippen molar-refractivity contribution in [1.29, 1.82) is 0 Å². The van der Waals surface area contributed by atoms with Gasteiger partial charge in [0.15, 0.2) is 5.78 Å². The normalized spacial score (nSPS) is 14.5. The van der Waals surface area contributed by atoms with Crippen molar-refractivity contribution >= 4 is 23.3 Å². The average molecular weight is 274 g/mol. The lowest BCUT2D eigenvalue weighted by Gasteiger charge is -2.13. The zero-order valence-corrected chi connectivity index (χ0v) is 10.9. The Balaban J connectivity index is 2.17. The molecule has 2 rings (SSSR count). The van der Waals surface area contributed by atoms with E-state index in [-0.39, 0.29) is 24.6 Å². The van der Waals surface area contributed by atoms with Crippen LogP contribution in [-0.2, 0) is 9.59 Å². The van der Waals surface area contributed by atoms with Crippen LogP contribution in [0.4, 0.5) is 5.69 Å². The predicted molar refractivity (Wildman–Crippen MR) is 72.0 cm³/mol. The number of aliphatic hydroxyl groups is 1. The van der Waals surface area contributed by atoms with Gasteiger partial charge in [0.2, 0.25) is 0 Å². The molecule has 1 aromatic carbocycles. The molecule has 0 saturated carbocycles. The second kappa shape index (κ2) is 5.66. The van der Waals surface area contributed by atoms with E-state index >= 15 is 0 Å². The number of carbonyl (C=O) groups is 3. The first kappa shape index (κ1) is 14.0. The fraction of sp³-hybridized carbons (Fsp3) is 0.214. The van der Waals surface area contributed by atoms with E-state index in [0.29, 0.717) is 11.3 Å². The van der Waals surface area contributed by atoms with Crippen molar-refractivity contribution in [3.05, 3.63) is 41.6 Å². The first-order valence-corrected chi connectivity index (χ1v) is 6.09.